The maximum atomic E-state index is 11.3. The highest BCUT2D eigenvalue weighted by molar-refractivity contribution is 7.89. The number of aliphatic hydroxyl groups is 1. The Morgan fingerprint density at radius 3 is 2.39 bits per heavy atom. The summed E-state index contributed by atoms with van der Waals surface area (Å²) in [6.45, 7) is 0.297. The van der Waals surface area contributed by atoms with E-state index in [0.717, 1.165) is 5.56 Å². The van der Waals surface area contributed by atoms with E-state index in [-0.39, 0.29) is 23.8 Å². The van der Waals surface area contributed by atoms with Gasteiger partial charge in [0.25, 0.3) is 0 Å². The lowest BCUT2D eigenvalue weighted by molar-refractivity contribution is -0.121. The molecule has 0 aromatic heterocycles. The lowest BCUT2D eigenvalue weighted by Gasteiger charge is -2.05. The fourth-order valence-corrected chi connectivity index (χ4v) is 1.84. The largest absolute Gasteiger partial charge is 0.396 e. The molecular weight excluding hydrogens is 256 g/mol. The number of rotatable bonds is 6. The maximum Gasteiger partial charge on any atom is 0.238 e. The number of primary sulfonamides is 1. The molecule has 0 fully saturated rings. The van der Waals surface area contributed by atoms with Crippen LogP contribution in [0.2, 0.25) is 0 Å². The summed E-state index contributed by atoms with van der Waals surface area (Å²) in [4.78, 5) is 11.3. The number of carbonyl (C=O) groups excluding carboxylic acids is 1. The summed E-state index contributed by atoms with van der Waals surface area (Å²) >= 11 is 0. The molecule has 0 aliphatic rings. The van der Waals surface area contributed by atoms with Crippen LogP contribution < -0.4 is 10.5 Å². The smallest absolute Gasteiger partial charge is 0.238 e. The van der Waals surface area contributed by atoms with E-state index >= 15 is 0 Å². The van der Waals surface area contributed by atoms with Gasteiger partial charge in [-0.15, -0.1) is 0 Å². The zero-order valence-electron chi connectivity index (χ0n) is 9.80. The van der Waals surface area contributed by atoms with Gasteiger partial charge >= 0.3 is 0 Å². The van der Waals surface area contributed by atoms with E-state index in [1.165, 1.54) is 12.1 Å². The summed E-state index contributed by atoms with van der Waals surface area (Å²) in [6, 6.07) is 5.97. The molecule has 1 rings (SSSR count). The molecule has 0 heterocycles. The standard InChI is InChI=1S/C11H16N2O4S/c12-18(16,17)10-5-3-9(4-6-10)8-13-11(15)2-1-7-14/h3-6,14H,1-2,7-8H2,(H,13,15)(H2,12,16,17). The summed E-state index contributed by atoms with van der Waals surface area (Å²) in [7, 11) is -3.68. The van der Waals surface area contributed by atoms with Crippen LogP contribution in [0.4, 0.5) is 0 Å². The molecule has 0 unspecified atom stereocenters. The Hall–Kier alpha value is -1.44. The molecule has 0 radical (unpaired) electrons. The van der Waals surface area contributed by atoms with Gasteiger partial charge in [0.2, 0.25) is 15.9 Å². The van der Waals surface area contributed by atoms with Gasteiger partial charge < -0.3 is 10.4 Å². The Bertz CT molecular complexity index is 496. The van der Waals surface area contributed by atoms with E-state index in [0.29, 0.717) is 13.0 Å². The number of nitrogens with one attached hydrogen (secondary N) is 1. The van der Waals surface area contributed by atoms with E-state index in [4.69, 9.17) is 10.2 Å². The Balaban J connectivity index is 2.52. The third-order valence-corrected chi connectivity index (χ3v) is 3.23. The van der Waals surface area contributed by atoms with Crippen molar-refractivity contribution in [2.24, 2.45) is 5.14 Å². The number of hydrogen-bond acceptors (Lipinski definition) is 4. The molecule has 0 spiro atoms. The average molecular weight is 272 g/mol. The number of carbonyl (C=O) groups is 1. The predicted octanol–water partition coefficient (Wildman–Crippen LogP) is -0.277. The molecule has 0 saturated carbocycles. The quantitative estimate of drug-likeness (QED) is 0.661. The van der Waals surface area contributed by atoms with Crippen molar-refractivity contribution in [3.63, 3.8) is 0 Å². The fourth-order valence-electron chi connectivity index (χ4n) is 1.33. The van der Waals surface area contributed by atoms with Gasteiger partial charge in [-0.05, 0) is 24.1 Å². The van der Waals surface area contributed by atoms with Crippen molar-refractivity contribution < 1.29 is 18.3 Å². The van der Waals surface area contributed by atoms with E-state index in [1.54, 1.807) is 12.1 Å². The minimum absolute atomic E-state index is 0.0174. The van der Waals surface area contributed by atoms with Gasteiger partial charge in [0.1, 0.15) is 0 Å². The first-order chi connectivity index (χ1) is 8.43. The lowest BCUT2D eigenvalue weighted by atomic mass is 10.2. The molecular formula is C11H16N2O4S. The second-order valence-electron chi connectivity index (χ2n) is 3.79. The molecule has 1 amide bonds. The summed E-state index contributed by atoms with van der Waals surface area (Å²) < 4.78 is 22.0. The van der Waals surface area contributed by atoms with Crippen molar-refractivity contribution >= 4 is 15.9 Å². The monoisotopic (exact) mass is 272 g/mol. The highest BCUT2D eigenvalue weighted by atomic mass is 32.2. The van der Waals surface area contributed by atoms with E-state index in [2.05, 4.69) is 5.32 Å². The normalized spacial score (nSPS) is 11.2. The van der Waals surface area contributed by atoms with Gasteiger partial charge in [-0.1, -0.05) is 12.1 Å². The minimum atomic E-state index is -3.68. The first-order valence-electron chi connectivity index (χ1n) is 5.43. The van der Waals surface area contributed by atoms with Crippen LogP contribution in [0.25, 0.3) is 0 Å². The first kappa shape index (κ1) is 14.6. The molecule has 7 heteroatoms. The number of hydrogen-bond donors (Lipinski definition) is 3. The zero-order chi connectivity index (χ0) is 13.6. The molecule has 6 nitrogen and oxygen atoms in total. The molecule has 0 bridgehead atoms. The summed E-state index contributed by atoms with van der Waals surface area (Å²) in [6.07, 6.45) is 0.696. The third-order valence-electron chi connectivity index (χ3n) is 2.30. The van der Waals surface area contributed by atoms with Crippen LogP contribution in [0.5, 0.6) is 0 Å². The van der Waals surface area contributed by atoms with Gasteiger partial charge in [0.15, 0.2) is 0 Å². The van der Waals surface area contributed by atoms with Gasteiger partial charge in [0.05, 0.1) is 4.90 Å². The second-order valence-corrected chi connectivity index (χ2v) is 5.35. The predicted molar refractivity (Wildman–Crippen MR) is 66.0 cm³/mol. The van der Waals surface area contributed by atoms with Gasteiger partial charge in [-0.2, -0.15) is 0 Å². The Labute approximate surface area is 106 Å². The highest BCUT2D eigenvalue weighted by Gasteiger charge is 2.07. The minimum Gasteiger partial charge on any atom is -0.396 e. The number of benzene rings is 1. The van der Waals surface area contributed by atoms with Crippen molar-refractivity contribution in [2.45, 2.75) is 24.3 Å². The van der Waals surface area contributed by atoms with E-state index < -0.39 is 10.0 Å². The maximum absolute atomic E-state index is 11.3. The molecule has 0 aliphatic heterocycles. The Morgan fingerprint density at radius 1 is 1.28 bits per heavy atom. The molecule has 0 saturated heterocycles. The molecule has 1 aromatic rings. The number of amides is 1. The summed E-state index contributed by atoms with van der Waals surface area (Å²) in [5.41, 5.74) is 0.778. The second kappa shape index (κ2) is 6.48. The van der Waals surface area contributed by atoms with Crippen molar-refractivity contribution in [1.29, 1.82) is 0 Å². The van der Waals surface area contributed by atoms with Crippen LogP contribution in [-0.2, 0) is 21.4 Å². The third kappa shape index (κ3) is 4.82. The average Bonchev–Trinajstić information content (AvgIpc) is 2.33. The molecule has 0 aliphatic carbocycles. The van der Waals surface area contributed by atoms with Crippen molar-refractivity contribution in [3.05, 3.63) is 29.8 Å². The van der Waals surface area contributed by atoms with Gasteiger partial charge in [0, 0.05) is 19.6 Å². The molecule has 100 valence electrons. The van der Waals surface area contributed by atoms with Crippen molar-refractivity contribution in [3.8, 4) is 0 Å². The van der Waals surface area contributed by atoms with Crippen molar-refractivity contribution in [1.82, 2.24) is 5.32 Å². The SMILES string of the molecule is NS(=O)(=O)c1ccc(CNC(=O)CCCO)cc1. The number of sulfonamides is 1. The summed E-state index contributed by atoms with van der Waals surface area (Å²) in [5.74, 6) is -0.153. The molecule has 1 aromatic carbocycles. The van der Waals surface area contributed by atoms with Crippen LogP contribution in [0.15, 0.2) is 29.2 Å². The highest BCUT2D eigenvalue weighted by Crippen LogP contribution is 2.08. The molecule has 0 atom stereocenters. The van der Waals surface area contributed by atoms with Crippen molar-refractivity contribution in [2.75, 3.05) is 6.61 Å². The van der Waals surface area contributed by atoms with Crippen LogP contribution in [0.1, 0.15) is 18.4 Å². The summed E-state index contributed by atoms with van der Waals surface area (Å²) in [5, 5.41) is 16.2. The van der Waals surface area contributed by atoms with Crippen LogP contribution >= 0.6 is 0 Å². The van der Waals surface area contributed by atoms with Crippen LogP contribution in [0, 0.1) is 0 Å². The Morgan fingerprint density at radius 2 is 1.89 bits per heavy atom. The van der Waals surface area contributed by atoms with Crippen LogP contribution in [0.3, 0.4) is 0 Å². The molecule has 18 heavy (non-hydrogen) atoms. The number of nitrogens with two attached hydrogens (primary N) is 1. The molecule has 4 N–H and O–H groups in total. The van der Waals surface area contributed by atoms with Crippen LogP contribution in [-0.4, -0.2) is 26.0 Å². The zero-order valence-corrected chi connectivity index (χ0v) is 10.6. The van der Waals surface area contributed by atoms with E-state index in [9.17, 15) is 13.2 Å². The first-order valence-corrected chi connectivity index (χ1v) is 6.97. The van der Waals surface area contributed by atoms with E-state index in [1.807, 2.05) is 0 Å². The van der Waals surface area contributed by atoms with Gasteiger partial charge in [-0.25, -0.2) is 13.6 Å². The Kier molecular flexibility index (Phi) is 5.26. The lowest BCUT2D eigenvalue weighted by Crippen LogP contribution is -2.22. The number of aliphatic hydroxyl groups excluding tert-OH is 1. The van der Waals surface area contributed by atoms with Gasteiger partial charge in [-0.3, -0.25) is 4.79 Å². The topological polar surface area (TPSA) is 109 Å². The fraction of sp³-hybridized carbons (Fsp3) is 0.364.